The van der Waals surface area contributed by atoms with E-state index in [4.69, 9.17) is 9.84 Å². The third-order valence-corrected chi connectivity index (χ3v) is 3.79. The standard InChI is InChI=1S/C19H22FNO3/c1-19(2,18(22)23)10-11-21-13-14-6-8-16(9-7-14)24-17-5-3-4-15(20)12-17/h3-9,12,21H,10-11,13H2,1-2H3,(H,22,23). The van der Waals surface area contributed by atoms with Crippen molar-refractivity contribution in [3.8, 4) is 11.5 Å². The zero-order valence-electron chi connectivity index (χ0n) is 13.9. The summed E-state index contributed by atoms with van der Waals surface area (Å²) in [5.41, 5.74) is 0.338. The molecule has 0 aliphatic rings. The summed E-state index contributed by atoms with van der Waals surface area (Å²) in [5, 5.41) is 12.3. The van der Waals surface area contributed by atoms with E-state index in [1.807, 2.05) is 24.3 Å². The van der Waals surface area contributed by atoms with Gasteiger partial charge in [-0.05, 0) is 56.6 Å². The zero-order valence-corrected chi connectivity index (χ0v) is 13.9. The highest BCUT2D eigenvalue weighted by Gasteiger charge is 2.25. The Morgan fingerprint density at radius 2 is 1.88 bits per heavy atom. The summed E-state index contributed by atoms with van der Waals surface area (Å²) < 4.78 is 18.7. The molecular formula is C19H22FNO3. The molecule has 5 heteroatoms. The van der Waals surface area contributed by atoms with Gasteiger partial charge in [-0.15, -0.1) is 0 Å². The smallest absolute Gasteiger partial charge is 0.309 e. The Morgan fingerprint density at radius 1 is 1.17 bits per heavy atom. The fourth-order valence-electron chi connectivity index (χ4n) is 2.08. The molecule has 0 unspecified atom stereocenters. The number of hydrogen-bond donors (Lipinski definition) is 2. The van der Waals surface area contributed by atoms with Crippen molar-refractivity contribution < 1.29 is 19.0 Å². The van der Waals surface area contributed by atoms with Crippen LogP contribution in [0.25, 0.3) is 0 Å². The fourth-order valence-corrected chi connectivity index (χ4v) is 2.08. The lowest BCUT2D eigenvalue weighted by Crippen LogP contribution is -2.28. The third kappa shape index (κ3) is 5.35. The molecule has 0 radical (unpaired) electrons. The van der Waals surface area contributed by atoms with Crippen molar-refractivity contribution in [1.82, 2.24) is 5.32 Å². The van der Waals surface area contributed by atoms with Crippen molar-refractivity contribution in [2.24, 2.45) is 5.41 Å². The minimum Gasteiger partial charge on any atom is -0.481 e. The van der Waals surface area contributed by atoms with Crippen LogP contribution in [-0.2, 0) is 11.3 Å². The maximum atomic E-state index is 13.1. The number of halogens is 1. The number of carboxylic acid groups (broad SMARTS) is 1. The molecule has 4 nitrogen and oxygen atoms in total. The van der Waals surface area contributed by atoms with Gasteiger partial charge in [-0.25, -0.2) is 4.39 Å². The predicted octanol–water partition coefficient (Wildman–Crippen LogP) is 4.21. The van der Waals surface area contributed by atoms with E-state index in [0.29, 0.717) is 31.0 Å². The highest BCUT2D eigenvalue weighted by atomic mass is 19.1. The fraction of sp³-hybridized carbons (Fsp3) is 0.316. The summed E-state index contributed by atoms with van der Waals surface area (Å²) in [6.07, 6.45) is 0.559. The number of carbonyl (C=O) groups is 1. The van der Waals surface area contributed by atoms with Crippen LogP contribution in [0.5, 0.6) is 11.5 Å². The van der Waals surface area contributed by atoms with Gasteiger partial charge in [0.05, 0.1) is 5.41 Å². The maximum Gasteiger partial charge on any atom is 0.309 e. The molecule has 2 aromatic carbocycles. The lowest BCUT2D eigenvalue weighted by Gasteiger charge is -2.19. The van der Waals surface area contributed by atoms with Crippen molar-refractivity contribution >= 4 is 5.97 Å². The summed E-state index contributed by atoms with van der Waals surface area (Å²) in [4.78, 5) is 11.0. The van der Waals surface area contributed by atoms with Crippen LogP contribution < -0.4 is 10.1 Å². The number of benzene rings is 2. The minimum absolute atomic E-state index is 0.336. The quantitative estimate of drug-likeness (QED) is 0.712. The van der Waals surface area contributed by atoms with Crippen LogP contribution in [0.4, 0.5) is 4.39 Å². The third-order valence-electron chi connectivity index (χ3n) is 3.79. The molecule has 0 saturated carbocycles. The molecule has 0 aliphatic carbocycles. The van der Waals surface area contributed by atoms with E-state index in [0.717, 1.165) is 5.56 Å². The minimum atomic E-state index is -0.789. The van der Waals surface area contributed by atoms with Crippen molar-refractivity contribution in [1.29, 1.82) is 0 Å². The van der Waals surface area contributed by atoms with E-state index >= 15 is 0 Å². The molecule has 0 bridgehead atoms. The molecule has 24 heavy (non-hydrogen) atoms. The van der Waals surface area contributed by atoms with Crippen LogP contribution in [0.1, 0.15) is 25.8 Å². The van der Waals surface area contributed by atoms with Crippen LogP contribution in [0, 0.1) is 11.2 Å². The monoisotopic (exact) mass is 331 g/mol. The number of carboxylic acids is 1. The topological polar surface area (TPSA) is 58.6 Å². The van der Waals surface area contributed by atoms with Crippen LogP contribution >= 0.6 is 0 Å². The van der Waals surface area contributed by atoms with Crippen molar-refractivity contribution in [3.05, 3.63) is 59.9 Å². The Bertz CT molecular complexity index is 683. The Morgan fingerprint density at radius 3 is 2.50 bits per heavy atom. The zero-order chi connectivity index (χ0) is 17.6. The van der Waals surface area contributed by atoms with E-state index in [2.05, 4.69) is 5.32 Å². The van der Waals surface area contributed by atoms with Gasteiger partial charge in [0.1, 0.15) is 17.3 Å². The normalized spacial score (nSPS) is 11.3. The molecule has 2 rings (SSSR count). The van der Waals surface area contributed by atoms with Gasteiger partial charge in [0, 0.05) is 12.6 Å². The number of aliphatic carboxylic acids is 1. The Hall–Kier alpha value is -2.40. The predicted molar refractivity (Wildman–Crippen MR) is 90.7 cm³/mol. The van der Waals surface area contributed by atoms with Crippen molar-refractivity contribution in [2.45, 2.75) is 26.8 Å². The second kappa shape index (κ2) is 7.93. The second-order valence-electron chi connectivity index (χ2n) is 6.32. The average molecular weight is 331 g/mol. The van der Waals surface area contributed by atoms with E-state index in [1.165, 1.54) is 12.1 Å². The lowest BCUT2D eigenvalue weighted by atomic mass is 9.90. The molecule has 0 atom stereocenters. The first-order valence-electron chi connectivity index (χ1n) is 7.83. The number of nitrogens with one attached hydrogen (secondary N) is 1. The molecule has 2 N–H and O–H groups in total. The van der Waals surface area contributed by atoms with Crippen LogP contribution in [0.15, 0.2) is 48.5 Å². The summed E-state index contributed by atoms with van der Waals surface area (Å²) in [7, 11) is 0. The van der Waals surface area contributed by atoms with Crippen LogP contribution in [0.2, 0.25) is 0 Å². The largest absolute Gasteiger partial charge is 0.481 e. The Kier molecular flexibility index (Phi) is 5.93. The van der Waals surface area contributed by atoms with E-state index in [1.54, 1.807) is 26.0 Å². The summed E-state index contributed by atoms with van der Waals surface area (Å²) >= 11 is 0. The van der Waals surface area contributed by atoms with E-state index in [9.17, 15) is 9.18 Å². The molecule has 0 spiro atoms. The van der Waals surface area contributed by atoms with E-state index in [-0.39, 0.29) is 5.82 Å². The molecule has 128 valence electrons. The highest BCUT2D eigenvalue weighted by molar-refractivity contribution is 5.73. The van der Waals surface area contributed by atoms with Gasteiger partial charge >= 0.3 is 5.97 Å². The Balaban J connectivity index is 1.81. The average Bonchev–Trinajstić information content (AvgIpc) is 2.53. The van der Waals surface area contributed by atoms with Gasteiger partial charge in [-0.1, -0.05) is 18.2 Å². The van der Waals surface area contributed by atoms with Crippen molar-refractivity contribution in [3.63, 3.8) is 0 Å². The van der Waals surface area contributed by atoms with Crippen molar-refractivity contribution in [2.75, 3.05) is 6.54 Å². The van der Waals surface area contributed by atoms with Crippen LogP contribution in [0.3, 0.4) is 0 Å². The van der Waals surface area contributed by atoms with Crippen LogP contribution in [-0.4, -0.2) is 17.6 Å². The Labute approximate surface area is 141 Å². The summed E-state index contributed by atoms with van der Waals surface area (Å²) in [6.45, 7) is 4.71. The van der Waals surface area contributed by atoms with Gasteiger partial charge in [-0.2, -0.15) is 0 Å². The van der Waals surface area contributed by atoms with Gasteiger partial charge < -0.3 is 15.2 Å². The van der Waals surface area contributed by atoms with Gasteiger partial charge in [0.15, 0.2) is 0 Å². The molecule has 0 aliphatic heterocycles. The molecule has 0 amide bonds. The molecule has 0 fully saturated rings. The van der Waals surface area contributed by atoms with Gasteiger partial charge in [-0.3, -0.25) is 4.79 Å². The first-order chi connectivity index (χ1) is 11.4. The molecule has 0 aromatic heterocycles. The molecular weight excluding hydrogens is 309 g/mol. The lowest BCUT2D eigenvalue weighted by molar-refractivity contribution is -0.147. The van der Waals surface area contributed by atoms with E-state index < -0.39 is 11.4 Å². The first kappa shape index (κ1) is 17.9. The number of rotatable bonds is 8. The highest BCUT2D eigenvalue weighted by Crippen LogP contribution is 2.22. The van der Waals surface area contributed by atoms with Gasteiger partial charge in [0.25, 0.3) is 0 Å². The van der Waals surface area contributed by atoms with Gasteiger partial charge in [0.2, 0.25) is 0 Å². The molecule has 2 aromatic rings. The summed E-state index contributed by atoms with van der Waals surface area (Å²) in [5.74, 6) is -0.0334. The first-order valence-corrected chi connectivity index (χ1v) is 7.83. The second-order valence-corrected chi connectivity index (χ2v) is 6.32. The maximum absolute atomic E-state index is 13.1. The SMILES string of the molecule is CC(C)(CCNCc1ccc(Oc2cccc(F)c2)cc1)C(=O)O. The number of hydrogen-bond acceptors (Lipinski definition) is 3. The molecule has 0 saturated heterocycles. The summed E-state index contributed by atoms with van der Waals surface area (Å²) in [6, 6.07) is 13.5. The number of ether oxygens (including phenoxy) is 1. The molecule has 0 heterocycles.